The predicted octanol–water partition coefficient (Wildman–Crippen LogP) is 2.98. The van der Waals surface area contributed by atoms with Crippen LogP contribution in [0.4, 0.5) is 0 Å². The van der Waals surface area contributed by atoms with Gasteiger partial charge in [0, 0.05) is 0 Å². The van der Waals surface area contributed by atoms with Crippen LogP contribution in [0.5, 0.6) is 0 Å². The molecule has 3 nitrogen and oxygen atoms in total. The van der Waals surface area contributed by atoms with E-state index in [-0.39, 0.29) is 0 Å². The van der Waals surface area contributed by atoms with Crippen LogP contribution in [0, 0.1) is 0 Å². The van der Waals surface area contributed by atoms with Gasteiger partial charge in [-0.05, 0) is 28.1 Å². The first kappa shape index (κ1) is 13.1. The van der Waals surface area contributed by atoms with Crippen LogP contribution in [0.15, 0.2) is 40.6 Å². The summed E-state index contributed by atoms with van der Waals surface area (Å²) in [4.78, 5) is 0. The number of aliphatic hydroxyl groups excluding tert-OH is 1. The summed E-state index contributed by atoms with van der Waals surface area (Å²) in [5.41, 5.74) is 2.83. The van der Waals surface area contributed by atoms with Crippen LogP contribution in [0.2, 0.25) is 0 Å². The molecular weight excluding hydrogens is 272 g/mol. The highest BCUT2D eigenvalue weighted by atomic mass is 79.9. The van der Waals surface area contributed by atoms with Crippen molar-refractivity contribution in [1.82, 2.24) is 0 Å². The van der Waals surface area contributed by atoms with Crippen molar-refractivity contribution < 1.29 is 14.6 Å². The fourth-order valence-electron chi connectivity index (χ4n) is 1.10. The zero-order valence-corrected chi connectivity index (χ0v) is 10.8. The lowest BCUT2D eigenvalue weighted by Crippen LogP contribution is -2.12. The van der Waals surface area contributed by atoms with Gasteiger partial charge in [0.1, 0.15) is 16.8 Å². The fraction of sp³-hybridized carbons (Fsp3) is 0.417. The van der Waals surface area contributed by atoms with Crippen LogP contribution in [-0.4, -0.2) is 17.8 Å². The second-order valence-corrected chi connectivity index (χ2v) is 4.06. The Morgan fingerprint density at radius 3 is 3.12 bits per heavy atom. The van der Waals surface area contributed by atoms with Gasteiger partial charge in [-0.25, -0.2) is 0 Å². The molecule has 1 rings (SSSR count). The van der Waals surface area contributed by atoms with Crippen molar-refractivity contribution >= 4 is 15.9 Å². The second kappa shape index (κ2) is 6.59. The van der Waals surface area contributed by atoms with E-state index in [0.29, 0.717) is 22.6 Å². The first-order valence-corrected chi connectivity index (χ1v) is 5.95. The number of hydrogen-bond donors (Lipinski definition) is 1. The topological polar surface area (TPSA) is 38.7 Å². The molecule has 0 spiro atoms. The Hall–Kier alpha value is -0.960. The van der Waals surface area contributed by atoms with E-state index in [1.165, 1.54) is 12.3 Å². The zero-order valence-electron chi connectivity index (χ0n) is 9.20. The summed E-state index contributed by atoms with van der Waals surface area (Å²) in [5, 5.41) is 9.59. The Kier molecular flexibility index (Phi) is 5.39. The molecule has 1 heterocycles. The molecule has 0 amide bonds. The molecule has 0 saturated carbocycles. The molecular formula is C12H15BrO3. The number of unbranched alkanes of at least 4 members (excludes halogenated alkanes) is 1. The third-order valence-corrected chi connectivity index (χ3v) is 2.78. The highest BCUT2D eigenvalue weighted by molar-refractivity contribution is 9.12. The molecule has 88 valence electrons. The van der Waals surface area contributed by atoms with Gasteiger partial charge in [0.05, 0.1) is 6.61 Å². The second-order valence-electron chi connectivity index (χ2n) is 3.27. The third-order valence-electron chi connectivity index (χ3n) is 2.03. The van der Waals surface area contributed by atoms with Crippen molar-refractivity contribution in [2.75, 3.05) is 6.61 Å². The zero-order chi connectivity index (χ0) is 12.0. The van der Waals surface area contributed by atoms with Crippen LogP contribution >= 0.6 is 15.9 Å². The van der Waals surface area contributed by atoms with Crippen LogP contribution < -0.4 is 0 Å². The Morgan fingerprint density at radius 1 is 1.75 bits per heavy atom. The fourth-order valence-corrected chi connectivity index (χ4v) is 1.66. The minimum absolute atomic E-state index is 0.375. The lowest BCUT2D eigenvalue weighted by molar-refractivity contribution is 0.168. The largest absolute Gasteiger partial charge is 0.485 e. The molecule has 0 unspecified atom stereocenters. The normalized spacial score (nSPS) is 16.6. The standard InChI is InChI=1S/C12H15BrO3/c1-3-5-7-15-10-6-8-16-12(11(10)13)9(14)4-2/h4,8-9,14H,2-3,5,7H2,1H3/t9-/m1/s1. The molecule has 0 aliphatic carbocycles. The van der Waals surface area contributed by atoms with Crippen LogP contribution in [-0.2, 0) is 9.47 Å². The van der Waals surface area contributed by atoms with Gasteiger partial charge in [-0.1, -0.05) is 19.4 Å². The molecule has 0 saturated heterocycles. The van der Waals surface area contributed by atoms with Gasteiger partial charge in [-0.2, -0.15) is 0 Å². The quantitative estimate of drug-likeness (QED) is 0.463. The van der Waals surface area contributed by atoms with Gasteiger partial charge in [0.25, 0.3) is 0 Å². The highest BCUT2D eigenvalue weighted by Gasteiger charge is 2.19. The summed E-state index contributed by atoms with van der Waals surface area (Å²) in [6.07, 6.45) is 3.95. The minimum Gasteiger partial charge on any atom is -0.485 e. The number of allylic oxidation sites excluding steroid dienone is 1. The minimum atomic E-state index is -0.850. The summed E-state index contributed by atoms with van der Waals surface area (Å²) in [7, 11) is 0. The van der Waals surface area contributed by atoms with Gasteiger partial charge in [0.15, 0.2) is 11.5 Å². The summed E-state index contributed by atoms with van der Waals surface area (Å²) in [6.45, 7) is 6.22. The van der Waals surface area contributed by atoms with Crippen molar-refractivity contribution in [3.05, 3.63) is 40.6 Å². The van der Waals surface area contributed by atoms with E-state index in [4.69, 9.17) is 9.47 Å². The average molecular weight is 287 g/mol. The molecule has 16 heavy (non-hydrogen) atoms. The maximum atomic E-state index is 9.59. The first-order valence-electron chi connectivity index (χ1n) is 5.16. The molecule has 0 aromatic carbocycles. The van der Waals surface area contributed by atoms with Crippen molar-refractivity contribution in [2.45, 2.75) is 25.9 Å². The Balaban J connectivity index is 2.74. The van der Waals surface area contributed by atoms with Gasteiger partial charge in [-0.15, -0.1) is 6.58 Å². The number of aliphatic hydroxyl groups is 1. The summed E-state index contributed by atoms with van der Waals surface area (Å²) in [6, 6.07) is 0. The van der Waals surface area contributed by atoms with E-state index in [1.54, 1.807) is 0 Å². The smallest absolute Gasteiger partial charge is 0.183 e. The van der Waals surface area contributed by atoms with Crippen LogP contribution in [0.3, 0.4) is 0 Å². The lowest BCUT2D eigenvalue weighted by Gasteiger charge is -2.17. The number of rotatable bonds is 6. The Bertz CT molecular complexity index is 351. The average Bonchev–Trinajstić information content (AvgIpc) is 2.30. The van der Waals surface area contributed by atoms with Crippen LogP contribution in [0.1, 0.15) is 19.8 Å². The number of hydrogen-bond acceptors (Lipinski definition) is 3. The Morgan fingerprint density at radius 2 is 2.50 bits per heavy atom. The summed E-state index contributed by atoms with van der Waals surface area (Å²) < 4.78 is 11.2. The molecule has 0 bridgehead atoms. The van der Waals surface area contributed by atoms with E-state index >= 15 is 0 Å². The first-order chi connectivity index (χ1) is 7.70. The molecule has 1 N–H and O–H groups in total. The molecule has 0 aromatic heterocycles. The van der Waals surface area contributed by atoms with Crippen molar-refractivity contribution in [1.29, 1.82) is 0 Å². The van der Waals surface area contributed by atoms with Crippen molar-refractivity contribution in [2.24, 2.45) is 0 Å². The van der Waals surface area contributed by atoms with E-state index in [1.807, 2.05) is 0 Å². The molecule has 1 atom stereocenters. The molecule has 1 aliphatic heterocycles. The Labute approximate surface area is 104 Å². The molecule has 0 radical (unpaired) electrons. The molecule has 0 aromatic rings. The lowest BCUT2D eigenvalue weighted by atomic mass is 10.2. The summed E-state index contributed by atoms with van der Waals surface area (Å²) >= 11 is 3.32. The van der Waals surface area contributed by atoms with Crippen LogP contribution in [0.25, 0.3) is 0 Å². The van der Waals surface area contributed by atoms with E-state index in [9.17, 15) is 5.11 Å². The monoisotopic (exact) mass is 286 g/mol. The van der Waals surface area contributed by atoms with Crippen molar-refractivity contribution in [3.8, 4) is 0 Å². The third kappa shape index (κ3) is 3.27. The van der Waals surface area contributed by atoms with E-state index in [0.717, 1.165) is 12.8 Å². The predicted molar refractivity (Wildman–Crippen MR) is 65.7 cm³/mol. The number of ether oxygens (including phenoxy) is 2. The summed E-state index contributed by atoms with van der Waals surface area (Å²) in [5.74, 6) is 0.927. The molecule has 0 fully saturated rings. The molecule has 4 heteroatoms. The van der Waals surface area contributed by atoms with Gasteiger partial charge in [-0.3, -0.25) is 0 Å². The van der Waals surface area contributed by atoms with Gasteiger partial charge >= 0.3 is 0 Å². The SMILES string of the molecule is C=C[C@@H](O)C1=C(Br)C(OCCCC)=C=CO1. The molecule has 1 aliphatic rings. The van der Waals surface area contributed by atoms with E-state index in [2.05, 4.69) is 35.2 Å². The van der Waals surface area contributed by atoms with Crippen molar-refractivity contribution in [3.63, 3.8) is 0 Å². The van der Waals surface area contributed by atoms with Gasteiger partial charge in [0.2, 0.25) is 0 Å². The van der Waals surface area contributed by atoms with E-state index < -0.39 is 6.10 Å². The highest BCUT2D eigenvalue weighted by Crippen LogP contribution is 2.28. The maximum absolute atomic E-state index is 9.59. The maximum Gasteiger partial charge on any atom is 0.183 e. The van der Waals surface area contributed by atoms with Gasteiger partial charge < -0.3 is 14.6 Å². The number of halogens is 1.